The van der Waals surface area contributed by atoms with Gasteiger partial charge in [-0.2, -0.15) is 31.4 Å². The van der Waals surface area contributed by atoms with Crippen LogP contribution in [0.25, 0.3) is 10.8 Å². The lowest BCUT2D eigenvalue weighted by molar-refractivity contribution is -0.143. The lowest BCUT2D eigenvalue weighted by atomic mass is 10.0. The smallest absolute Gasteiger partial charge is 0.352 e. The minimum Gasteiger partial charge on any atom is -0.352 e. The zero-order chi connectivity index (χ0) is 29.2. The number of pyridine rings is 1. The summed E-state index contributed by atoms with van der Waals surface area (Å²) in [5, 5.41) is 13.1. The van der Waals surface area contributed by atoms with Crippen molar-refractivity contribution in [3.8, 4) is 0 Å². The average Bonchev–Trinajstić information content (AvgIpc) is 2.93. The summed E-state index contributed by atoms with van der Waals surface area (Å²) in [4.78, 5) is 20.4. The SMILES string of the molecule is O=C(CN1CCN(c2nnc(Cc3ccncc3)c3ccccc23)CC1)Nc1cc(C(F)(F)F)cc(C(F)(F)F)c1. The number of hydrogen-bond donors (Lipinski definition) is 1. The van der Waals surface area contributed by atoms with Crippen molar-refractivity contribution in [1.29, 1.82) is 0 Å². The molecular weight excluding hydrogens is 550 g/mol. The maximum atomic E-state index is 13.1. The Morgan fingerprint density at radius 2 is 1.41 bits per heavy atom. The van der Waals surface area contributed by atoms with Crippen LogP contribution in [0.15, 0.2) is 67.0 Å². The fraction of sp³-hybridized carbons (Fsp3) is 0.286. The molecule has 0 radical (unpaired) electrons. The highest BCUT2D eigenvalue weighted by Crippen LogP contribution is 2.37. The zero-order valence-electron chi connectivity index (χ0n) is 21.5. The van der Waals surface area contributed by atoms with Crippen LogP contribution < -0.4 is 10.2 Å². The lowest BCUT2D eigenvalue weighted by Gasteiger charge is -2.35. The fourth-order valence-corrected chi connectivity index (χ4v) is 4.75. The monoisotopic (exact) mass is 574 g/mol. The Morgan fingerprint density at radius 1 is 0.805 bits per heavy atom. The number of nitrogens with zero attached hydrogens (tertiary/aromatic N) is 5. The molecule has 3 heterocycles. The number of amides is 1. The number of halogens is 6. The standard InChI is InChI=1S/C28H24F6N6O/c29-27(30,31)19-14-20(28(32,33)34)16-21(15-19)36-25(41)17-39-9-11-40(12-10-39)26-23-4-2-1-3-22(23)24(37-38-26)13-18-5-7-35-8-6-18/h1-8,14-16H,9-13,17H2,(H,36,41). The summed E-state index contributed by atoms with van der Waals surface area (Å²) in [7, 11) is 0. The quantitative estimate of drug-likeness (QED) is 0.311. The van der Waals surface area contributed by atoms with Crippen molar-refractivity contribution in [2.24, 2.45) is 0 Å². The molecule has 1 amide bonds. The molecule has 13 heteroatoms. The maximum absolute atomic E-state index is 13.1. The van der Waals surface area contributed by atoms with Gasteiger partial charge in [0, 0.05) is 61.5 Å². The van der Waals surface area contributed by atoms with Gasteiger partial charge in [-0.3, -0.25) is 14.7 Å². The van der Waals surface area contributed by atoms with Crippen LogP contribution in [0.1, 0.15) is 22.4 Å². The van der Waals surface area contributed by atoms with Crippen LogP contribution in [0.3, 0.4) is 0 Å². The van der Waals surface area contributed by atoms with Gasteiger partial charge in [-0.1, -0.05) is 24.3 Å². The molecule has 5 rings (SSSR count). The van der Waals surface area contributed by atoms with E-state index in [0.717, 1.165) is 22.0 Å². The Morgan fingerprint density at radius 3 is 2.02 bits per heavy atom. The van der Waals surface area contributed by atoms with Gasteiger partial charge in [0.05, 0.1) is 23.4 Å². The van der Waals surface area contributed by atoms with Crippen molar-refractivity contribution in [2.75, 3.05) is 42.9 Å². The third-order valence-corrected chi connectivity index (χ3v) is 6.78. The van der Waals surface area contributed by atoms with Gasteiger partial charge in [0.1, 0.15) is 0 Å². The summed E-state index contributed by atoms with van der Waals surface area (Å²) >= 11 is 0. The van der Waals surface area contributed by atoms with E-state index in [1.54, 1.807) is 17.3 Å². The predicted octanol–water partition coefficient (Wildman–Crippen LogP) is 5.41. The molecular formula is C28H24F6N6O. The first-order valence-corrected chi connectivity index (χ1v) is 12.7. The second-order valence-electron chi connectivity index (χ2n) is 9.65. The summed E-state index contributed by atoms with van der Waals surface area (Å²) in [5.74, 6) is -0.0107. The van der Waals surface area contributed by atoms with E-state index in [0.29, 0.717) is 50.6 Å². The molecule has 214 valence electrons. The summed E-state index contributed by atoms with van der Waals surface area (Å²) in [5.41, 5.74) is -1.66. The highest BCUT2D eigenvalue weighted by molar-refractivity contribution is 5.94. The van der Waals surface area contributed by atoms with Crippen molar-refractivity contribution in [1.82, 2.24) is 20.1 Å². The molecule has 1 fully saturated rings. The molecule has 0 atom stereocenters. The molecule has 1 aliphatic rings. The number of fused-ring (bicyclic) bond motifs is 1. The minimum absolute atomic E-state index is 0.0210. The number of aromatic nitrogens is 3. The zero-order valence-corrected chi connectivity index (χ0v) is 21.5. The second kappa shape index (κ2) is 11.3. The molecule has 1 saturated heterocycles. The number of rotatable bonds is 6. The first-order valence-electron chi connectivity index (χ1n) is 12.7. The summed E-state index contributed by atoms with van der Waals surface area (Å²) in [6, 6.07) is 12.7. The van der Waals surface area contributed by atoms with Crippen LogP contribution in [-0.4, -0.2) is 58.7 Å². The van der Waals surface area contributed by atoms with E-state index in [2.05, 4.69) is 20.5 Å². The largest absolute Gasteiger partial charge is 0.416 e. The Kier molecular flexibility index (Phi) is 7.80. The highest BCUT2D eigenvalue weighted by Gasteiger charge is 2.37. The Bertz CT molecular complexity index is 1500. The predicted molar refractivity (Wildman–Crippen MR) is 140 cm³/mol. The Hall–Kier alpha value is -4.26. The Labute approximate surface area is 230 Å². The van der Waals surface area contributed by atoms with Gasteiger partial charge in [-0.25, -0.2) is 0 Å². The van der Waals surface area contributed by atoms with Crippen molar-refractivity contribution in [3.63, 3.8) is 0 Å². The van der Waals surface area contributed by atoms with Crippen molar-refractivity contribution in [3.05, 3.63) is 89.4 Å². The molecule has 0 aliphatic carbocycles. The van der Waals surface area contributed by atoms with Gasteiger partial charge in [-0.05, 0) is 35.9 Å². The number of nitrogens with one attached hydrogen (secondary N) is 1. The van der Waals surface area contributed by atoms with Gasteiger partial charge in [0.15, 0.2) is 5.82 Å². The third kappa shape index (κ3) is 6.73. The van der Waals surface area contributed by atoms with Gasteiger partial charge in [0.2, 0.25) is 5.91 Å². The molecule has 41 heavy (non-hydrogen) atoms. The molecule has 2 aromatic carbocycles. The highest BCUT2D eigenvalue weighted by atomic mass is 19.4. The first-order chi connectivity index (χ1) is 19.5. The van der Waals surface area contributed by atoms with E-state index in [4.69, 9.17) is 0 Å². The Balaban J connectivity index is 1.24. The molecule has 0 saturated carbocycles. The molecule has 2 aromatic heterocycles. The molecule has 0 spiro atoms. The second-order valence-corrected chi connectivity index (χ2v) is 9.65. The van der Waals surface area contributed by atoms with E-state index in [1.165, 1.54) is 0 Å². The summed E-state index contributed by atoms with van der Waals surface area (Å²) < 4.78 is 78.8. The number of benzene rings is 2. The minimum atomic E-state index is -5.00. The van der Waals surface area contributed by atoms with E-state index < -0.39 is 35.1 Å². The first kappa shape index (κ1) is 28.3. The molecule has 4 aromatic rings. The number of anilines is 2. The molecule has 0 bridgehead atoms. The van der Waals surface area contributed by atoms with Crippen molar-refractivity contribution < 1.29 is 31.1 Å². The van der Waals surface area contributed by atoms with Crippen molar-refractivity contribution in [2.45, 2.75) is 18.8 Å². The number of carbonyl (C=O) groups excluding carboxylic acids is 1. The third-order valence-electron chi connectivity index (χ3n) is 6.78. The van der Waals surface area contributed by atoms with Crippen molar-refractivity contribution >= 4 is 28.2 Å². The number of alkyl halides is 6. The van der Waals surface area contributed by atoms with Crippen LogP contribution in [-0.2, 0) is 23.6 Å². The summed E-state index contributed by atoms with van der Waals surface area (Å²) in [6.45, 7) is 1.66. The number of piperazine rings is 1. The fourth-order valence-electron chi connectivity index (χ4n) is 4.75. The lowest BCUT2D eigenvalue weighted by Crippen LogP contribution is -2.49. The molecule has 1 N–H and O–H groups in total. The van der Waals surface area contributed by atoms with Gasteiger partial charge >= 0.3 is 12.4 Å². The van der Waals surface area contributed by atoms with Crippen LogP contribution in [0.2, 0.25) is 0 Å². The van der Waals surface area contributed by atoms with Gasteiger partial charge in [0.25, 0.3) is 0 Å². The average molecular weight is 575 g/mol. The topological polar surface area (TPSA) is 74.2 Å². The van der Waals surface area contributed by atoms with E-state index in [-0.39, 0.29) is 12.6 Å². The maximum Gasteiger partial charge on any atom is 0.416 e. The molecule has 1 aliphatic heterocycles. The number of carbonyl (C=O) groups is 1. The summed E-state index contributed by atoms with van der Waals surface area (Å²) in [6.07, 6.45) is -5.96. The molecule has 7 nitrogen and oxygen atoms in total. The number of hydrogen-bond acceptors (Lipinski definition) is 6. The van der Waals surface area contributed by atoms with E-state index in [1.807, 2.05) is 41.3 Å². The van der Waals surface area contributed by atoms with E-state index in [9.17, 15) is 31.1 Å². The van der Waals surface area contributed by atoms with Crippen LogP contribution in [0, 0.1) is 0 Å². The van der Waals surface area contributed by atoms with Crippen LogP contribution >= 0.6 is 0 Å². The van der Waals surface area contributed by atoms with E-state index >= 15 is 0 Å². The normalized spacial score (nSPS) is 14.8. The molecule has 0 unspecified atom stereocenters. The van der Waals surface area contributed by atoms with Gasteiger partial charge in [-0.15, -0.1) is 5.10 Å². The van der Waals surface area contributed by atoms with Gasteiger partial charge < -0.3 is 10.2 Å². The van der Waals surface area contributed by atoms with Crippen LogP contribution in [0.4, 0.5) is 37.8 Å². The van der Waals surface area contributed by atoms with Crippen LogP contribution in [0.5, 0.6) is 0 Å².